The van der Waals surface area contributed by atoms with Gasteiger partial charge in [-0.1, -0.05) is 11.6 Å². The zero-order chi connectivity index (χ0) is 12.3. The van der Waals surface area contributed by atoms with E-state index in [1.807, 2.05) is 0 Å². The fourth-order valence-electron chi connectivity index (χ4n) is 1.45. The predicted molar refractivity (Wildman–Crippen MR) is 68.3 cm³/mol. The molecule has 1 aliphatic rings. The van der Waals surface area contributed by atoms with Crippen LogP contribution in [-0.4, -0.2) is 31.8 Å². The van der Waals surface area contributed by atoms with E-state index in [0.717, 1.165) is 4.47 Å². The second kappa shape index (κ2) is 5.82. The number of halogens is 2. The van der Waals surface area contributed by atoms with Gasteiger partial charge in [-0.05, 0) is 34.1 Å². The monoisotopic (exact) mass is 319 g/mol. The van der Waals surface area contributed by atoms with Gasteiger partial charge < -0.3 is 14.8 Å². The maximum absolute atomic E-state index is 11.9. The summed E-state index contributed by atoms with van der Waals surface area (Å²) in [6.07, 6.45) is -0.561. The first kappa shape index (κ1) is 12.8. The van der Waals surface area contributed by atoms with Gasteiger partial charge in [-0.25, -0.2) is 0 Å². The summed E-state index contributed by atoms with van der Waals surface area (Å²) in [6, 6.07) is 5.19. The van der Waals surface area contributed by atoms with E-state index in [9.17, 15) is 4.79 Å². The number of amides is 1. The highest BCUT2D eigenvalue weighted by Gasteiger charge is 2.23. The van der Waals surface area contributed by atoms with Gasteiger partial charge in [0, 0.05) is 9.50 Å². The van der Waals surface area contributed by atoms with Gasteiger partial charge in [0.25, 0.3) is 5.91 Å². The summed E-state index contributed by atoms with van der Waals surface area (Å²) in [4.78, 5) is 11.9. The molecule has 1 saturated heterocycles. The molecule has 0 bridgehead atoms. The number of hydrogen-bond donors (Lipinski definition) is 1. The Balaban J connectivity index is 2.04. The van der Waals surface area contributed by atoms with Crippen LogP contribution in [0.1, 0.15) is 0 Å². The molecule has 92 valence electrons. The third-order valence-electron chi connectivity index (χ3n) is 2.29. The molecular formula is C11H11BrClNO3. The lowest BCUT2D eigenvalue weighted by Crippen LogP contribution is -2.39. The number of nitrogens with one attached hydrogen (secondary N) is 1. The zero-order valence-corrected chi connectivity index (χ0v) is 11.3. The smallest absolute Gasteiger partial charge is 0.255 e. The largest absolute Gasteiger partial charge is 0.376 e. The molecule has 1 N–H and O–H groups in total. The van der Waals surface area contributed by atoms with E-state index in [0.29, 0.717) is 23.9 Å². The van der Waals surface area contributed by atoms with E-state index in [4.69, 9.17) is 21.1 Å². The first-order valence-electron chi connectivity index (χ1n) is 5.12. The number of anilines is 1. The SMILES string of the molecule is O=C(Nc1cc(Cl)ccc1Br)C1COCCO1. The number of rotatable bonds is 2. The van der Waals surface area contributed by atoms with Gasteiger partial charge in [-0.3, -0.25) is 4.79 Å². The lowest BCUT2D eigenvalue weighted by atomic mass is 10.3. The molecule has 0 radical (unpaired) electrons. The molecule has 6 heteroatoms. The minimum Gasteiger partial charge on any atom is -0.376 e. The molecule has 17 heavy (non-hydrogen) atoms. The van der Waals surface area contributed by atoms with Gasteiger partial charge in [-0.2, -0.15) is 0 Å². The van der Waals surface area contributed by atoms with Gasteiger partial charge in [0.05, 0.1) is 25.5 Å². The maximum atomic E-state index is 11.9. The molecule has 1 aromatic carbocycles. The second-order valence-corrected chi connectivity index (χ2v) is 4.84. The van der Waals surface area contributed by atoms with Crippen molar-refractivity contribution < 1.29 is 14.3 Å². The minimum atomic E-state index is -0.561. The maximum Gasteiger partial charge on any atom is 0.255 e. The fourth-order valence-corrected chi connectivity index (χ4v) is 1.96. The van der Waals surface area contributed by atoms with Crippen molar-refractivity contribution in [1.29, 1.82) is 0 Å². The van der Waals surface area contributed by atoms with E-state index in [2.05, 4.69) is 21.2 Å². The highest BCUT2D eigenvalue weighted by atomic mass is 79.9. The molecule has 1 atom stereocenters. The van der Waals surface area contributed by atoms with Crippen LogP contribution in [0.2, 0.25) is 5.02 Å². The third kappa shape index (κ3) is 3.42. The highest BCUT2D eigenvalue weighted by Crippen LogP contribution is 2.26. The van der Waals surface area contributed by atoms with Crippen LogP contribution in [0.3, 0.4) is 0 Å². The van der Waals surface area contributed by atoms with Gasteiger partial charge in [0.2, 0.25) is 0 Å². The van der Waals surface area contributed by atoms with Crippen LogP contribution in [0.5, 0.6) is 0 Å². The van der Waals surface area contributed by atoms with Crippen molar-refractivity contribution in [3.05, 3.63) is 27.7 Å². The van der Waals surface area contributed by atoms with Crippen LogP contribution < -0.4 is 5.32 Å². The topological polar surface area (TPSA) is 47.6 Å². The molecular weight excluding hydrogens is 309 g/mol. The molecule has 0 aliphatic carbocycles. The van der Waals surface area contributed by atoms with Crippen LogP contribution in [0.4, 0.5) is 5.69 Å². The molecule has 1 heterocycles. The van der Waals surface area contributed by atoms with Gasteiger partial charge >= 0.3 is 0 Å². The quantitative estimate of drug-likeness (QED) is 0.910. The summed E-state index contributed by atoms with van der Waals surface area (Å²) in [5.74, 6) is -0.229. The number of carbonyl (C=O) groups is 1. The molecule has 0 saturated carbocycles. The highest BCUT2D eigenvalue weighted by molar-refractivity contribution is 9.10. The van der Waals surface area contributed by atoms with Crippen molar-refractivity contribution in [2.45, 2.75) is 6.10 Å². The predicted octanol–water partition coefficient (Wildman–Crippen LogP) is 2.46. The second-order valence-electron chi connectivity index (χ2n) is 3.55. The van der Waals surface area contributed by atoms with Crippen molar-refractivity contribution in [3.63, 3.8) is 0 Å². The molecule has 0 aromatic heterocycles. The normalized spacial score (nSPS) is 20.0. The standard InChI is InChI=1S/C11H11BrClNO3/c12-8-2-1-7(13)5-9(8)14-11(15)10-6-16-3-4-17-10/h1-2,5,10H,3-4,6H2,(H,14,15). The summed E-state index contributed by atoms with van der Waals surface area (Å²) in [5, 5.41) is 3.31. The van der Waals surface area contributed by atoms with E-state index in [-0.39, 0.29) is 12.5 Å². The van der Waals surface area contributed by atoms with E-state index < -0.39 is 6.10 Å². The van der Waals surface area contributed by atoms with Crippen LogP contribution in [0.15, 0.2) is 22.7 Å². The van der Waals surface area contributed by atoms with Crippen LogP contribution in [-0.2, 0) is 14.3 Å². The fraction of sp³-hybridized carbons (Fsp3) is 0.364. The third-order valence-corrected chi connectivity index (χ3v) is 3.22. The van der Waals surface area contributed by atoms with E-state index >= 15 is 0 Å². The Hall–Kier alpha value is -0.620. The number of carbonyl (C=O) groups excluding carboxylic acids is 1. The van der Waals surface area contributed by atoms with Crippen molar-refractivity contribution in [2.75, 3.05) is 25.1 Å². The van der Waals surface area contributed by atoms with Gasteiger partial charge in [-0.15, -0.1) is 0 Å². The first-order chi connectivity index (χ1) is 8.16. The average molecular weight is 321 g/mol. The summed E-state index contributed by atoms with van der Waals surface area (Å²) in [7, 11) is 0. The lowest BCUT2D eigenvalue weighted by molar-refractivity contribution is -0.142. The van der Waals surface area contributed by atoms with Crippen molar-refractivity contribution in [2.24, 2.45) is 0 Å². The average Bonchev–Trinajstić information content (AvgIpc) is 2.35. The Kier molecular flexibility index (Phi) is 4.39. The lowest BCUT2D eigenvalue weighted by Gasteiger charge is -2.22. The number of hydrogen-bond acceptors (Lipinski definition) is 3. The minimum absolute atomic E-state index is 0.229. The Morgan fingerprint density at radius 3 is 3.00 bits per heavy atom. The molecule has 1 unspecified atom stereocenters. The molecule has 1 amide bonds. The Morgan fingerprint density at radius 2 is 2.29 bits per heavy atom. The molecule has 1 fully saturated rings. The number of benzene rings is 1. The Labute approximate surface area is 112 Å². The Bertz CT molecular complexity index is 421. The van der Waals surface area contributed by atoms with Gasteiger partial charge in [0.1, 0.15) is 0 Å². The molecule has 2 rings (SSSR count). The van der Waals surface area contributed by atoms with Crippen molar-refractivity contribution in [3.8, 4) is 0 Å². The number of ether oxygens (including phenoxy) is 2. The molecule has 1 aliphatic heterocycles. The van der Waals surface area contributed by atoms with Crippen LogP contribution in [0, 0.1) is 0 Å². The summed E-state index contributed by atoms with van der Waals surface area (Å²) < 4.78 is 11.2. The van der Waals surface area contributed by atoms with E-state index in [1.54, 1.807) is 18.2 Å². The van der Waals surface area contributed by atoms with E-state index in [1.165, 1.54) is 0 Å². The first-order valence-corrected chi connectivity index (χ1v) is 6.29. The van der Waals surface area contributed by atoms with Crippen molar-refractivity contribution in [1.82, 2.24) is 0 Å². The van der Waals surface area contributed by atoms with Crippen molar-refractivity contribution >= 4 is 39.1 Å². The van der Waals surface area contributed by atoms with Crippen LogP contribution >= 0.6 is 27.5 Å². The molecule has 4 nitrogen and oxygen atoms in total. The summed E-state index contributed by atoms with van der Waals surface area (Å²) in [6.45, 7) is 1.25. The van der Waals surface area contributed by atoms with Crippen LogP contribution in [0.25, 0.3) is 0 Å². The molecule has 0 spiro atoms. The zero-order valence-electron chi connectivity index (χ0n) is 8.91. The van der Waals surface area contributed by atoms with Gasteiger partial charge in [0.15, 0.2) is 6.10 Å². The summed E-state index contributed by atoms with van der Waals surface area (Å²) in [5.41, 5.74) is 0.622. The molecule has 1 aromatic rings. The Morgan fingerprint density at radius 1 is 1.47 bits per heavy atom. The summed E-state index contributed by atoms with van der Waals surface area (Å²) >= 11 is 9.20.